The topological polar surface area (TPSA) is 41.1 Å². The van der Waals surface area contributed by atoms with E-state index in [4.69, 9.17) is 0 Å². The van der Waals surface area contributed by atoms with Gasteiger partial charge in [-0.15, -0.1) is 0 Å². The van der Waals surface area contributed by atoms with Gasteiger partial charge in [0.2, 0.25) is 5.91 Å². The summed E-state index contributed by atoms with van der Waals surface area (Å²) in [5.41, 5.74) is -0.0816. The number of hydrogen-bond donors (Lipinski definition) is 2. The first-order chi connectivity index (χ1) is 7.43. The van der Waals surface area contributed by atoms with Crippen LogP contribution < -0.4 is 10.6 Å². The number of carbonyl (C=O) groups is 1. The summed E-state index contributed by atoms with van der Waals surface area (Å²) in [5, 5.41) is 6.39. The molecule has 16 heavy (non-hydrogen) atoms. The van der Waals surface area contributed by atoms with Gasteiger partial charge in [0.25, 0.3) is 0 Å². The van der Waals surface area contributed by atoms with E-state index in [1.165, 1.54) is 19.3 Å². The van der Waals surface area contributed by atoms with Gasteiger partial charge in [-0.2, -0.15) is 0 Å². The van der Waals surface area contributed by atoms with Gasteiger partial charge in [0.15, 0.2) is 0 Å². The predicted octanol–water partition coefficient (Wildman–Crippen LogP) is 2.07. The second-order valence-corrected chi connectivity index (χ2v) is 5.78. The minimum absolute atomic E-state index is 0.0816. The summed E-state index contributed by atoms with van der Waals surface area (Å²) in [5.74, 6) is 0.930. The van der Waals surface area contributed by atoms with Crippen LogP contribution in [0.5, 0.6) is 0 Å². The molecule has 0 aliphatic heterocycles. The first-order valence-electron chi connectivity index (χ1n) is 6.47. The molecule has 1 amide bonds. The third-order valence-electron chi connectivity index (χ3n) is 3.61. The molecule has 0 saturated heterocycles. The highest BCUT2D eigenvalue weighted by atomic mass is 16.2. The van der Waals surface area contributed by atoms with Gasteiger partial charge in [-0.05, 0) is 45.4 Å². The van der Waals surface area contributed by atoms with Crippen molar-refractivity contribution in [3.05, 3.63) is 0 Å². The van der Waals surface area contributed by atoms with Crippen molar-refractivity contribution in [3.63, 3.8) is 0 Å². The van der Waals surface area contributed by atoms with Crippen LogP contribution in [0.3, 0.4) is 0 Å². The Kier molecular flexibility index (Phi) is 4.78. The van der Waals surface area contributed by atoms with Gasteiger partial charge in [0.1, 0.15) is 0 Å². The number of nitrogens with one attached hydrogen (secondary N) is 2. The number of amides is 1. The Morgan fingerprint density at radius 2 is 2.06 bits per heavy atom. The lowest BCUT2D eigenvalue weighted by Gasteiger charge is -2.25. The Morgan fingerprint density at radius 1 is 1.38 bits per heavy atom. The fourth-order valence-corrected chi connectivity index (χ4v) is 2.14. The minimum atomic E-state index is -0.0816. The van der Waals surface area contributed by atoms with Crippen molar-refractivity contribution in [1.29, 1.82) is 0 Å². The maximum Gasteiger partial charge on any atom is 0.234 e. The molecule has 94 valence electrons. The highest BCUT2D eigenvalue weighted by Gasteiger charge is 2.22. The molecule has 1 saturated carbocycles. The Bertz CT molecular complexity index is 238. The maximum atomic E-state index is 11.7. The van der Waals surface area contributed by atoms with Crippen LogP contribution in [0.1, 0.15) is 53.4 Å². The van der Waals surface area contributed by atoms with Crippen LogP contribution in [-0.2, 0) is 4.79 Å². The third kappa shape index (κ3) is 4.52. The standard InChI is InChI=1S/C13H26N2O/c1-5-13(3,4)15-12(16)9-14-11-7-6-10(2)8-11/h10-11,14H,5-9H2,1-4H3,(H,15,16). The van der Waals surface area contributed by atoms with E-state index in [0.717, 1.165) is 12.3 Å². The van der Waals surface area contributed by atoms with Crippen molar-refractivity contribution >= 4 is 5.91 Å². The van der Waals surface area contributed by atoms with Crippen LogP contribution in [0.25, 0.3) is 0 Å². The molecule has 0 heterocycles. The normalized spacial score (nSPS) is 25.8. The lowest BCUT2D eigenvalue weighted by Crippen LogP contribution is -2.47. The van der Waals surface area contributed by atoms with Crippen molar-refractivity contribution in [1.82, 2.24) is 10.6 Å². The van der Waals surface area contributed by atoms with Crippen LogP contribution in [0.2, 0.25) is 0 Å². The fourth-order valence-electron chi connectivity index (χ4n) is 2.14. The molecule has 1 aliphatic carbocycles. The Balaban J connectivity index is 2.20. The van der Waals surface area contributed by atoms with Crippen molar-refractivity contribution in [2.24, 2.45) is 5.92 Å². The second-order valence-electron chi connectivity index (χ2n) is 5.78. The monoisotopic (exact) mass is 226 g/mol. The van der Waals surface area contributed by atoms with Crippen LogP contribution in [-0.4, -0.2) is 24.0 Å². The van der Waals surface area contributed by atoms with Gasteiger partial charge in [-0.1, -0.05) is 13.8 Å². The van der Waals surface area contributed by atoms with Crippen molar-refractivity contribution in [2.75, 3.05) is 6.54 Å². The van der Waals surface area contributed by atoms with Gasteiger partial charge >= 0.3 is 0 Å². The molecule has 0 aromatic rings. The molecule has 2 unspecified atom stereocenters. The van der Waals surface area contributed by atoms with Gasteiger partial charge in [-0.3, -0.25) is 4.79 Å². The summed E-state index contributed by atoms with van der Waals surface area (Å²) in [7, 11) is 0. The van der Waals surface area contributed by atoms with E-state index < -0.39 is 0 Å². The first kappa shape index (κ1) is 13.5. The molecule has 0 spiro atoms. The quantitative estimate of drug-likeness (QED) is 0.753. The van der Waals surface area contributed by atoms with Crippen LogP contribution in [0.15, 0.2) is 0 Å². The Hall–Kier alpha value is -0.570. The molecule has 3 heteroatoms. The first-order valence-corrected chi connectivity index (χ1v) is 6.47. The van der Waals surface area contributed by atoms with Crippen molar-refractivity contribution in [3.8, 4) is 0 Å². The van der Waals surface area contributed by atoms with Crippen LogP contribution in [0, 0.1) is 5.92 Å². The maximum absolute atomic E-state index is 11.7. The van der Waals surface area contributed by atoms with Gasteiger partial charge in [0, 0.05) is 11.6 Å². The molecule has 2 N–H and O–H groups in total. The summed E-state index contributed by atoms with van der Waals surface area (Å²) in [4.78, 5) is 11.7. The molecule has 1 fully saturated rings. The smallest absolute Gasteiger partial charge is 0.234 e. The number of hydrogen-bond acceptors (Lipinski definition) is 2. The minimum Gasteiger partial charge on any atom is -0.350 e. The van der Waals surface area contributed by atoms with E-state index in [1.807, 2.05) is 0 Å². The Morgan fingerprint density at radius 3 is 2.56 bits per heavy atom. The molecule has 0 aromatic carbocycles. The lowest BCUT2D eigenvalue weighted by molar-refractivity contribution is -0.122. The van der Waals surface area contributed by atoms with E-state index in [1.54, 1.807) is 0 Å². The zero-order valence-corrected chi connectivity index (χ0v) is 11.1. The van der Waals surface area contributed by atoms with Crippen LogP contribution >= 0.6 is 0 Å². The van der Waals surface area contributed by atoms with Crippen molar-refractivity contribution < 1.29 is 4.79 Å². The number of carbonyl (C=O) groups excluding carboxylic acids is 1. The molecule has 2 atom stereocenters. The van der Waals surface area contributed by atoms with E-state index >= 15 is 0 Å². The average molecular weight is 226 g/mol. The molecule has 0 aromatic heterocycles. The van der Waals surface area contributed by atoms with E-state index in [2.05, 4.69) is 38.3 Å². The summed E-state index contributed by atoms with van der Waals surface area (Å²) in [6.45, 7) is 8.94. The molecule has 1 rings (SSSR count). The SMILES string of the molecule is CCC(C)(C)NC(=O)CNC1CCC(C)C1. The molecule has 1 aliphatic rings. The molecular weight excluding hydrogens is 200 g/mol. The summed E-state index contributed by atoms with van der Waals surface area (Å²) < 4.78 is 0. The van der Waals surface area contributed by atoms with Crippen molar-refractivity contribution in [2.45, 2.75) is 65.0 Å². The van der Waals surface area contributed by atoms with Gasteiger partial charge in [-0.25, -0.2) is 0 Å². The third-order valence-corrected chi connectivity index (χ3v) is 3.61. The Labute approximate surface area is 99.4 Å². The van der Waals surface area contributed by atoms with E-state index in [0.29, 0.717) is 12.6 Å². The second kappa shape index (κ2) is 5.67. The van der Waals surface area contributed by atoms with E-state index in [-0.39, 0.29) is 11.4 Å². The van der Waals surface area contributed by atoms with Gasteiger partial charge in [0.05, 0.1) is 6.54 Å². The summed E-state index contributed by atoms with van der Waals surface area (Å²) >= 11 is 0. The highest BCUT2D eigenvalue weighted by molar-refractivity contribution is 5.78. The molecule has 0 radical (unpaired) electrons. The lowest BCUT2D eigenvalue weighted by atomic mass is 10.0. The zero-order chi connectivity index (χ0) is 12.2. The summed E-state index contributed by atoms with van der Waals surface area (Å²) in [6.07, 6.45) is 4.68. The summed E-state index contributed by atoms with van der Waals surface area (Å²) in [6, 6.07) is 0.547. The number of rotatable bonds is 5. The van der Waals surface area contributed by atoms with Gasteiger partial charge < -0.3 is 10.6 Å². The zero-order valence-electron chi connectivity index (χ0n) is 11.1. The van der Waals surface area contributed by atoms with E-state index in [9.17, 15) is 4.79 Å². The highest BCUT2D eigenvalue weighted by Crippen LogP contribution is 2.24. The molecule has 3 nitrogen and oxygen atoms in total. The molecular formula is C13H26N2O. The van der Waals surface area contributed by atoms with Crippen LogP contribution in [0.4, 0.5) is 0 Å². The molecule has 0 bridgehead atoms. The largest absolute Gasteiger partial charge is 0.350 e. The average Bonchev–Trinajstić information content (AvgIpc) is 2.61. The fraction of sp³-hybridized carbons (Fsp3) is 0.923. The predicted molar refractivity (Wildman–Crippen MR) is 67.3 cm³/mol.